The molecule has 0 fully saturated rings. The standard InChI is InChI=1S/C20H18N2O3S/c1-26(25)12-16-7-4-8-17(18(16)19(21)23)22-20(24)15-10-9-13-5-2-3-6-14(13)11-15/h2-11H,12H2,1H3,(H2,21,23)(H,22,24). The minimum atomic E-state index is -1.14. The molecule has 0 saturated heterocycles. The highest BCUT2D eigenvalue weighted by molar-refractivity contribution is 7.83. The third-order valence-electron chi connectivity index (χ3n) is 4.02. The molecule has 0 aliphatic carbocycles. The van der Waals surface area contributed by atoms with Crippen LogP contribution in [0.3, 0.4) is 0 Å². The summed E-state index contributed by atoms with van der Waals surface area (Å²) in [7, 11) is -1.14. The van der Waals surface area contributed by atoms with Crippen LogP contribution in [0.4, 0.5) is 5.69 Å². The maximum atomic E-state index is 12.6. The van der Waals surface area contributed by atoms with Gasteiger partial charge in [-0.2, -0.15) is 0 Å². The summed E-state index contributed by atoms with van der Waals surface area (Å²) in [6, 6.07) is 18.1. The molecule has 0 aromatic heterocycles. The lowest BCUT2D eigenvalue weighted by Gasteiger charge is -2.13. The molecule has 3 aromatic rings. The van der Waals surface area contributed by atoms with Crippen LogP contribution < -0.4 is 11.1 Å². The highest BCUT2D eigenvalue weighted by atomic mass is 32.2. The second-order valence-electron chi connectivity index (χ2n) is 5.94. The summed E-state index contributed by atoms with van der Waals surface area (Å²) < 4.78 is 11.5. The van der Waals surface area contributed by atoms with Crippen molar-refractivity contribution < 1.29 is 13.8 Å². The van der Waals surface area contributed by atoms with Gasteiger partial charge in [-0.15, -0.1) is 0 Å². The van der Waals surface area contributed by atoms with Gasteiger partial charge in [0, 0.05) is 28.4 Å². The van der Waals surface area contributed by atoms with Crippen molar-refractivity contribution in [2.75, 3.05) is 11.6 Å². The fourth-order valence-corrected chi connectivity index (χ4v) is 3.54. The third kappa shape index (κ3) is 3.81. The molecule has 2 amide bonds. The van der Waals surface area contributed by atoms with Crippen LogP contribution in [0.2, 0.25) is 0 Å². The Morgan fingerprint density at radius 2 is 1.73 bits per heavy atom. The van der Waals surface area contributed by atoms with Crippen molar-refractivity contribution in [1.29, 1.82) is 0 Å². The molecule has 0 radical (unpaired) electrons. The molecule has 3 rings (SSSR count). The van der Waals surface area contributed by atoms with E-state index in [2.05, 4.69) is 5.32 Å². The minimum absolute atomic E-state index is 0.192. The molecular weight excluding hydrogens is 348 g/mol. The first kappa shape index (κ1) is 17.8. The molecule has 0 heterocycles. The van der Waals surface area contributed by atoms with E-state index in [4.69, 9.17) is 5.73 Å². The van der Waals surface area contributed by atoms with Crippen molar-refractivity contribution in [2.24, 2.45) is 5.73 Å². The average molecular weight is 366 g/mol. The lowest BCUT2D eigenvalue weighted by molar-refractivity contribution is 0.100. The molecule has 0 saturated carbocycles. The van der Waals surface area contributed by atoms with Crippen molar-refractivity contribution in [2.45, 2.75) is 5.75 Å². The molecule has 132 valence electrons. The lowest BCUT2D eigenvalue weighted by atomic mass is 10.0. The van der Waals surface area contributed by atoms with Gasteiger partial charge in [-0.25, -0.2) is 0 Å². The molecule has 0 bridgehead atoms. The Labute approximate surface area is 153 Å². The molecule has 0 spiro atoms. The molecule has 5 nitrogen and oxygen atoms in total. The fraction of sp³-hybridized carbons (Fsp3) is 0.100. The van der Waals surface area contributed by atoms with Crippen molar-refractivity contribution in [3.63, 3.8) is 0 Å². The van der Waals surface area contributed by atoms with E-state index in [1.807, 2.05) is 30.3 Å². The molecule has 26 heavy (non-hydrogen) atoms. The quantitative estimate of drug-likeness (QED) is 0.727. The van der Waals surface area contributed by atoms with E-state index in [-0.39, 0.29) is 17.2 Å². The molecule has 0 aliphatic rings. The van der Waals surface area contributed by atoms with E-state index < -0.39 is 16.7 Å². The van der Waals surface area contributed by atoms with E-state index in [9.17, 15) is 13.8 Å². The smallest absolute Gasteiger partial charge is 0.255 e. The highest BCUT2D eigenvalue weighted by Crippen LogP contribution is 2.23. The summed E-state index contributed by atoms with van der Waals surface area (Å²) in [6.07, 6.45) is 1.55. The Balaban J connectivity index is 1.95. The third-order valence-corrected chi connectivity index (χ3v) is 4.73. The van der Waals surface area contributed by atoms with Gasteiger partial charge in [0.1, 0.15) is 0 Å². The monoisotopic (exact) mass is 366 g/mol. The lowest BCUT2D eigenvalue weighted by Crippen LogP contribution is -2.20. The number of hydrogen-bond acceptors (Lipinski definition) is 3. The zero-order chi connectivity index (χ0) is 18.7. The topological polar surface area (TPSA) is 89.3 Å². The van der Waals surface area contributed by atoms with Gasteiger partial charge in [0.2, 0.25) is 0 Å². The van der Waals surface area contributed by atoms with E-state index in [0.717, 1.165) is 10.8 Å². The molecular formula is C20H18N2O3S. The van der Waals surface area contributed by atoms with Crippen molar-refractivity contribution >= 4 is 39.1 Å². The van der Waals surface area contributed by atoms with Crippen molar-refractivity contribution in [1.82, 2.24) is 0 Å². The van der Waals surface area contributed by atoms with Gasteiger partial charge in [0.15, 0.2) is 0 Å². The zero-order valence-electron chi connectivity index (χ0n) is 14.2. The van der Waals surface area contributed by atoms with Crippen LogP contribution in [0.25, 0.3) is 10.8 Å². The number of benzene rings is 3. The number of nitrogens with one attached hydrogen (secondary N) is 1. The predicted octanol–water partition coefficient (Wildman–Crippen LogP) is 3.07. The number of fused-ring (bicyclic) bond motifs is 1. The van der Waals surface area contributed by atoms with E-state index in [1.54, 1.807) is 36.6 Å². The van der Waals surface area contributed by atoms with Crippen molar-refractivity contribution in [3.8, 4) is 0 Å². The van der Waals surface area contributed by atoms with Gasteiger partial charge in [0.05, 0.1) is 11.3 Å². The molecule has 1 unspecified atom stereocenters. The number of carbonyl (C=O) groups excluding carboxylic acids is 2. The first-order chi connectivity index (χ1) is 12.5. The zero-order valence-corrected chi connectivity index (χ0v) is 15.0. The molecule has 0 aliphatic heterocycles. The van der Waals surface area contributed by atoms with Gasteiger partial charge >= 0.3 is 0 Å². The second-order valence-corrected chi connectivity index (χ2v) is 7.37. The van der Waals surface area contributed by atoms with Crippen LogP contribution in [-0.2, 0) is 16.6 Å². The second kappa shape index (κ2) is 7.49. The molecule has 6 heteroatoms. The Hall–Kier alpha value is -2.99. The van der Waals surface area contributed by atoms with Gasteiger partial charge in [-0.05, 0) is 34.5 Å². The number of anilines is 1. The number of rotatable bonds is 5. The largest absolute Gasteiger partial charge is 0.366 e. The summed E-state index contributed by atoms with van der Waals surface area (Å²) >= 11 is 0. The van der Waals surface area contributed by atoms with E-state index >= 15 is 0 Å². The van der Waals surface area contributed by atoms with Gasteiger partial charge in [-0.1, -0.05) is 42.5 Å². The number of carbonyl (C=O) groups is 2. The number of amides is 2. The van der Waals surface area contributed by atoms with Crippen LogP contribution in [0, 0.1) is 0 Å². The summed E-state index contributed by atoms with van der Waals surface area (Å²) in [4.78, 5) is 24.5. The number of hydrogen-bond donors (Lipinski definition) is 2. The fourth-order valence-electron chi connectivity index (χ4n) is 2.86. The molecule has 3 N–H and O–H groups in total. The van der Waals surface area contributed by atoms with Gasteiger partial charge in [-0.3, -0.25) is 13.8 Å². The van der Waals surface area contributed by atoms with Gasteiger partial charge < -0.3 is 11.1 Å². The normalized spacial score (nSPS) is 11.9. The molecule has 1 atom stereocenters. The summed E-state index contributed by atoms with van der Waals surface area (Å²) in [5, 5.41) is 4.73. The van der Waals surface area contributed by atoms with Gasteiger partial charge in [0.25, 0.3) is 11.8 Å². The Kier molecular flexibility index (Phi) is 5.14. The van der Waals surface area contributed by atoms with Crippen LogP contribution in [0.15, 0.2) is 60.7 Å². The summed E-state index contributed by atoms with van der Waals surface area (Å²) in [5.41, 5.74) is 7.03. The summed E-state index contributed by atoms with van der Waals surface area (Å²) in [6.45, 7) is 0. The van der Waals surface area contributed by atoms with Crippen LogP contribution >= 0.6 is 0 Å². The highest BCUT2D eigenvalue weighted by Gasteiger charge is 2.17. The van der Waals surface area contributed by atoms with Crippen molar-refractivity contribution in [3.05, 3.63) is 77.4 Å². The first-order valence-corrected chi connectivity index (χ1v) is 9.70. The number of primary amides is 1. The maximum absolute atomic E-state index is 12.6. The van der Waals surface area contributed by atoms with E-state index in [0.29, 0.717) is 16.8 Å². The maximum Gasteiger partial charge on any atom is 0.255 e. The SMILES string of the molecule is CS(=O)Cc1cccc(NC(=O)c2ccc3ccccc3c2)c1C(N)=O. The van der Waals surface area contributed by atoms with Crippen LogP contribution in [0.1, 0.15) is 26.3 Å². The van der Waals surface area contributed by atoms with Crippen LogP contribution in [-0.4, -0.2) is 22.3 Å². The van der Waals surface area contributed by atoms with E-state index in [1.165, 1.54) is 0 Å². The minimum Gasteiger partial charge on any atom is -0.366 e. The Bertz CT molecular complexity index is 1030. The summed E-state index contributed by atoms with van der Waals surface area (Å²) in [5.74, 6) is -0.814. The Morgan fingerprint density at radius 1 is 1.00 bits per heavy atom. The molecule has 3 aromatic carbocycles. The number of nitrogens with two attached hydrogens (primary N) is 1. The van der Waals surface area contributed by atoms with Crippen LogP contribution in [0.5, 0.6) is 0 Å². The first-order valence-electron chi connectivity index (χ1n) is 7.97. The average Bonchev–Trinajstić information content (AvgIpc) is 2.60. The Morgan fingerprint density at radius 3 is 2.42 bits per heavy atom. The predicted molar refractivity (Wildman–Crippen MR) is 105 cm³/mol.